The van der Waals surface area contributed by atoms with Crippen molar-refractivity contribution >= 4 is 11.6 Å². The summed E-state index contributed by atoms with van der Waals surface area (Å²) < 4.78 is 6.11. The average Bonchev–Trinajstić information content (AvgIpc) is 2.17. The predicted molar refractivity (Wildman–Crippen MR) is 66.4 cm³/mol. The van der Waals surface area contributed by atoms with E-state index in [1.807, 2.05) is 0 Å². The van der Waals surface area contributed by atoms with E-state index in [9.17, 15) is 0 Å². The summed E-state index contributed by atoms with van der Waals surface area (Å²) in [5.41, 5.74) is 0.0205. The standard InChI is InChI=1S/C13H25ClO/c1-9(7-10(2)14)11-8-12(3,4)15-13(11,5)6/h9-11H,7-8H2,1-6H3. The zero-order chi connectivity index (χ0) is 11.9. The number of ether oxygens (including phenoxy) is 1. The zero-order valence-electron chi connectivity index (χ0n) is 10.9. The molecule has 0 spiro atoms. The van der Waals surface area contributed by atoms with Crippen LogP contribution in [0.3, 0.4) is 0 Å². The number of hydrogen-bond acceptors (Lipinski definition) is 1. The molecule has 0 aromatic rings. The van der Waals surface area contributed by atoms with Crippen LogP contribution in [0.5, 0.6) is 0 Å². The molecule has 0 bridgehead atoms. The first-order chi connectivity index (χ1) is 6.64. The Bertz CT molecular complexity index is 221. The van der Waals surface area contributed by atoms with Crippen LogP contribution in [0.4, 0.5) is 0 Å². The van der Waals surface area contributed by atoms with Crippen molar-refractivity contribution in [2.75, 3.05) is 0 Å². The molecule has 1 rings (SSSR count). The molecule has 3 unspecified atom stereocenters. The molecule has 0 aromatic heterocycles. The first-order valence-corrected chi connectivity index (χ1v) is 6.42. The van der Waals surface area contributed by atoms with E-state index in [2.05, 4.69) is 41.5 Å². The predicted octanol–water partition coefficient (Wildman–Crippen LogP) is 4.23. The first kappa shape index (κ1) is 13.3. The van der Waals surface area contributed by atoms with Crippen molar-refractivity contribution in [3.8, 4) is 0 Å². The minimum atomic E-state index is -0.00526. The molecule has 90 valence electrons. The Morgan fingerprint density at radius 3 is 2.13 bits per heavy atom. The van der Waals surface area contributed by atoms with Gasteiger partial charge in [-0.2, -0.15) is 0 Å². The molecule has 0 amide bonds. The maximum absolute atomic E-state index is 6.11. The highest BCUT2D eigenvalue weighted by Crippen LogP contribution is 2.46. The Labute approximate surface area is 99.5 Å². The molecule has 3 atom stereocenters. The largest absolute Gasteiger partial charge is 0.369 e. The van der Waals surface area contributed by atoms with Crippen LogP contribution in [-0.2, 0) is 4.74 Å². The summed E-state index contributed by atoms with van der Waals surface area (Å²) in [6.07, 6.45) is 2.22. The summed E-state index contributed by atoms with van der Waals surface area (Å²) in [4.78, 5) is 0. The van der Waals surface area contributed by atoms with Crippen molar-refractivity contribution in [2.24, 2.45) is 11.8 Å². The quantitative estimate of drug-likeness (QED) is 0.662. The van der Waals surface area contributed by atoms with E-state index in [0.29, 0.717) is 11.8 Å². The van der Waals surface area contributed by atoms with Crippen LogP contribution in [-0.4, -0.2) is 16.6 Å². The van der Waals surface area contributed by atoms with E-state index in [1.54, 1.807) is 0 Å². The molecular formula is C13H25ClO. The Hall–Kier alpha value is 0.250. The lowest BCUT2D eigenvalue weighted by Gasteiger charge is -2.31. The Balaban J connectivity index is 2.69. The van der Waals surface area contributed by atoms with Crippen molar-refractivity contribution in [2.45, 2.75) is 71.0 Å². The smallest absolute Gasteiger partial charge is 0.0665 e. The van der Waals surface area contributed by atoms with Gasteiger partial charge in [-0.15, -0.1) is 11.6 Å². The SMILES string of the molecule is CC(Cl)CC(C)C1CC(C)(C)OC1(C)C. The maximum Gasteiger partial charge on any atom is 0.0665 e. The van der Waals surface area contributed by atoms with Gasteiger partial charge in [0.1, 0.15) is 0 Å². The fourth-order valence-electron chi connectivity index (χ4n) is 3.17. The van der Waals surface area contributed by atoms with Crippen LogP contribution < -0.4 is 0 Å². The van der Waals surface area contributed by atoms with Gasteiger partial charge in [0.2, 0.25) is 0 Å². The van der Waals surface area contributed by atoms with Gasteiger partial charge < -0.3 is 4.74 Å². The van der Waals surface area contributed by atoms with E-state index in [-0.39, 0.29) is 16.6 Å². The van der Waals surface area contributed by atoms with E-state index < -0.39 is 0 Å². The molecule has 2 heteroatoms. The van der Waals surface area contributed by atoms with Crippen molar-refractivity contribution in [1.29, 1.82) is 0 Å². The molecular weight excluding hydrogens is 208 g/mol. The number of halogens is 1. The summed E-state index contributed by atoms with van der Waals surface area (Å²) >= 11 is 6.07. The van der Waals surface area contributed by atoms with E-state index >= 15 is 0 Å². The van der Waals surface area contributed by atoms with Crippen molar-refractivity contribution < 1.29 is 4.74 Å². The summed E-state index contributed by atoms with van der Waals surface area (Å²) in [6.45, 7) is 13.2. The lowest BCUT2D eigenvalue weighted by Crippen LogP contribution is -2.33. The highest BCUT2D eigenvalue weighted by Gasteiger charge is 2.47. The van der Waals surface area contributed by atoms with Crippen LogP contribution in [0.25, 0.3) is 0 Å². The molecule has 1 aliphatic rings. The van der Waals surface area contributed by atoms with Crippen LogP contribution in [0.2, 0.25) is 0 Å². The van der Waals surface area contributed by atoms with Crippen molar-refractivity contribution in [1.82, 2.24) is 0 Å². The van der Waals surface area contributed by atoms with Crippen LogP contribution in [0.1, 0.15) is 54.4 Å². The second-order valence-electron chi connectivity index (χ2n) is 6.27. The third-order valence-electron chi connectivity index (χ3n) is 3.53. The van der Waals surface area contributed by atoms with Crippen molar-refractivity contribution in [3.63, 3.8) is 0 Å². The minimum absolute atomic E-state index is 0.00526. The molecule has 1 nitrogen and oxygen atoms in total. The fraction of sp³-hybridized carbons (Fsp3) is 1.00. The van der Waals surface area contributed by atoms with Crippen LogP contribution >= 0.6 is 11.6 Å². The Kier molecular flexibility index (Phi) is 3.78. The van der Waals surface area contributed by atoms with Gasteiger partial charge in [-0.05, 0) is 59.3 Å². The highest BCUT2D eigenvalue weighted by molar-refractivity contribution is 6.20. The van der Waals surface area contributed by atoms with Crippen LogP contribution in [0, 0.1) is 11.8 Å². The number of rotatable bonds is 3. The van der Waals surface area contributed by atoms with Crippen LogP contribution in [0.15, 0.2) is 0 Å². The maximum atomic E-state index is 6.11. The van der Waals surface area contributed by atoms with Gasteiger partial charge in [-0.1, -0.05) is 6.92 Å². The average molecular weight is 233 g/mol. The molecule has 1 heterocycles. The first-order valence-electron chi connectivity index (χ1n) is 5.98. The number of alkyl halides is 1. The Morgan fingerprint density at radius 2 is 1.80 bits per heavy atom. The lowest BCUT2D eigenvalue weighted by molar-refractivity contribution is -0.0795. The van der Waals surface area contributed by atoms with E-state index in [0.717, 1.165) is 12.8 Å². The van der Waals surface area contributed by atoms with E-state index in [4.69, 9.17) is 16.3 Å². The van der Waals surface area contributed by atoms with E-state index in [1.165, 1.54) is 0 Å². The third kappa shape index (κ3) is 3.35. The molecule has 15 heavy (non-hydrogen) atoms. The summed E-state index contributed by atoms with van der Waals surface area (Å²) in [5, 5.41) is 0.263. The lowest BCUT2D eigenvalue weighted by atomic mass is 9.77. The molecule has 1 saturated heterocycles. The molecule has 0 aliphatic carbocycles. The third-order valence-corrected chi connectivity index (χ3v) is 3.71. The molecule has 1 fully saturated rings. The van der Waals surface area contributed by atoms with Crippen molar-refractivity contribution in [3.05, 3.63) is 0 Å². The molecule has 0 N–H and O–H groups in total. The number of hydrogen-bond donors (Lipinski definition) is 0. The molecule has 0 aromatic carbocycles. The Morgan fingerprint density at radius 1 is 1.27 bits per heavy atom. The molecule has 1 aliphatic heterocycles. The normalized spacial score (nSPS) is 32.6. The second-order valence-corrected chi connectivity index (χ2v) is 7.01. The molecule has 0 saturated carbocycles. The van der Waals surface area contributed by atoms with Gasteiger partial charge in [0.25, 0.3) is 0 Å². The van der Waals surface area contributed by atoms with Gasteiger partial charge in [0.05, 0.1) is 11.2 Å². The summed E-state index contributed by atoms with van der Waals surface area (Å²) in [6, 6.07) is 0. The van der Waals surface area contributed by atoms with Gasteiger partial charge >= 0.3 is 0 Å². The summed E-state index contributed by atoms with van der Waals surface area (Å²) in [5.74, 6) is 1.25. The van der Waals surface area contributed by atoms with Gasteiger partial charge in [0.15, 0.2) is 0 Å². The monoisotopic (exact) mass is 232 g/mol. The highest BCUT2D eigenvalue weighted by atomic mass is 35.5. The minimum Gasteiger partial charge on any atom is -0.369 e. The summed E-state index contributed by atoms with van der Waals surface area (Å²) in [7, 11) is 0. The van der Waals surface area contributed by atoms with Gasteiger partial charge in [-0.25, -0.2) is 0 Å². The molecule has 0 radical (unpaired) electrons. The van der Waals surface area contributed by atoms with Gasteiger partial charge in [-0.3, -0.25) is 0 Å². The zero-order valence-corrected chi connectivity index (χ0v) is 11.7. The topological polar surface area (TPSA) is 9.23 Å². The van der Waals surface area contributed by atoms with Gasteiger partial charge in [0, 0.05) is 5.38 Å². The second kappa shape index (κ2) is 4.25. The fourth-order valence-corrected chi connectivity index (χ4v) is 3.45.